The van der Waals surface area contributed by atoms with Gasteiger partial charge in [0, 0.05) is 88.9 Å². The van der Waals surface area contributed by atoms with Gasteiger partial charge in [-0.2, -0.15) is 5.26 Å². The highest BCUT2D eigenvalue weighted by Crippen LogP contribution is 2.54. The standard InChI is InChI=1S/C95H65BN6/c1-95(2,3)68-55-79(63-28-9-5-10-29-63)94(80(56-68)64-30-11-6-12-31-64)102-90-59-70(99-85-42-21-15-36-75(85)76-37-16-22-43-86(76)99)47-49-82(90)96-81-48-46-69(98-83-40-19-13-34-73(83)74-35-14-20-41-84(74)98)58-89(81)101(91-53-67(54-92(102)93(91)96)66-33-25-32-65(52-66)62-26-7-4-8-27-62)72-51-61(60-97)50-71(57-72)100-87-44-23-17-38-77(87)78-39-18-24-45-88(78)100/h4-59H,1-3H3/i13D,14D,15D,16D,19D,20D,21D,22D,34D,35D,36D,37D,40D,41D,42D,43D. The maximum Gasteiger partial charge on any atom is 0.252 e. The lowest BCUT2D eigenvalue weighted by atomic mass is 9.33. The molecular weight excluding hydrogens is 1240 g/mol. The van der Waals surface area contributed by atoms with E-state index in [9.17, 15) is 21.7 Å². The summed E-state index contributed by atoms with van der Waals surface area (Å²) in [6.07, 6.45) is 0. The average molecular weight is 1320 g/mol. The summed E-state index contributed by atoms with van der Waals surface area (Å²) in [5.41, 5.74) is 15.8. The molecule has 0 amide bonds. The van der Waals surface area contributed by atoms with Crippen LogP contribution < -0.4 is 26.2 Å². The van der Waals surface area contributed by atoms with Crippen molar-refractivity contribution in [2.45, 2.75) is 26.2 Å². The summed E-state index contributed by atoms with van der Waals surface area (Å²) in [5.74, 6) is 0. The Morgan fingerprint density at radius 1 is 0.324 bits per heavy atom. The van der Waals surface area contributed by atoms with Crippen LogP contribution in [-0.4, -0.2) is 20.4 Å². The van der Waals surface area contributed by atoms with Crippen molar-refractivity contribution in [3.8, 4) is 67.6 Å². The highest BCUT2D eigenvalue weighted by atomic mass is 15.2. The fraction of sp³-hybridized carbons (Fsp3) is 0.0421. The predicted octanol–water partition coefficient (Wildman–Crippen LogP) is 22.9. The molecule has 3 aromatic heterocycles. The first-order valence-corrected chi connectivity index (χ1v) is 33.9. The Labute approximate surface area is 614 Å². The maximum absolute atomic E-state index is 11.7. The summed E-state index contributed by atoms with van der Waals surface area (Å²) >= 11 is 0. The number of nitrogens with zero attached hydrogens (tertiary/aromatic N) is 6. The lowest BCUT2D eigenvalue weighted by molar-refractivity contribution is 0.591. The number of benzene rings is 15. The smallest absolute Gasteiger partial charge is 0.252 e. The van der Waals surface area contributed by atoms with Gasteiger partial charge in [-0.1, -0.05) is 251 Å². The molecule has 0 atom stereocenters. The van der Waals surface area contributed by atoms with Crippen LogP contribution in [0.2, 0.25) is 0 Å². The van der Waals surface area contributed by atoms with Gasteiger partial charge in [-0.3, -0.25) is 0 Å². The quantitative estimate of drug-likeness (QED) is 0.135. The van der Waals surface area contributed by atoms with Crippen LogP contribution >= 0.6 is 0 Å². The van der Waals surface area contributed by atoms with Crippen LogP contribution in [0.25, 0.3) is 127 Å². The summed E-state index contributed by atoms with van der Waals surface area (Å²) in [6.45, 7) is 5.71. The molecule has 0 radical (unpaired) electrons. The zero-order chi connectivity index (χ0) is 81.8. The molecule has 0 fully saturated rings. The van der Waals surface area contributed by atoms with Gasteiger partial charge in [-0.25, -0.2) is 0 Å². The fourth-order valence-corrected chi connectivity index (χ4v) is 15.9. The van der Waals surface area contributed by atoms with Crippen LogP contribution in [0.3, 0.4) is 0 Å². The maximum atomic E-state index is 11.7. The van der Waals surface area contributed by atoms with E-state index in [1.807, 2.05) is 127 Å². The van der Waals surface area contributed by atoms with Crippen LogP contribution in [0.1, 0.15) is 53.8 Å². The molecule has 18 aromatic rings. The van der Waals surface area contributed by atoms with E-state index in [2.05, 4.69) is 150 Å². The van der Waals surface area contributed by atoms with Gasteiger partial charge in [0.25, 0.3) is 6.71 Å². The van der Waals surface area contributed by atoms with E-state index in [0.29, 0.717) is 50.6 Å². The molecule has 2 aliphatic rings. The number of hydrogen-bond acceptors (Lipinski definition) is 3. The van der Waals surface area contributed by atoms with Crippen molar-refractivity contribution in [3.05, 3.63) is 350 Å². The van der Waals surface area contributed by atoms with Crippen molar-refractivity contribution in [2.75, 3.05) is 9.80 Å². The van der Waals surface area contributed by atoms with E-state index >= 15 is 0 Å². The Balaban J connectivity index is 0.996. The molecule has 7 heteroatoms. The second kappa shape index (κ2) is 23.0. The molecule has 0 spiro atoms. The normalized spacial score (nSPS) is 14.8. The first-order chi connectivity index (χ1) is 56.8. The molecule has 15 aromatic carbocycles. The number of aromatic nitrogens is 3. The lowest BCUT2D eigenvalue weighted by Crippen LogP contribution is -2.61. The van der Waals surface area contributed by atoms with Crippen molar-refractivity contribution in [1.29, 1.82) is 5.26 Å². The molecule has 0 bridgehead atoms. The van der Waals surface area contributed by atoms with Gasteiger partial charge in [0.1, 0.15) is 0 Å². The SMILES string of the molecule is [2H]c1c([2H])c([2H])c2c(c1[2H])c1c([2H])c([2H])c([2H])c([2H])c1n2-c1ccc2c(c1)N(c1cc(C#N)cc(-n3c4ccccc4c4ccccc43)c1)c1cc(-c3cccc(-c4ccccc4)c3)cc3c1B2c1ccc(-n2c4c([2H])c([2H])c([2H])c([2H])c4c4c([2H])c([2H])c([2H])c([2H])c42)cc1N3c1c(-c2ccccc2)cc(C(C)(C)C)cc1-c1ccccc1. The second-order valence-electron chi connectivity index (χ2n) is 27.2. The topological polar surface area (TPSA) is 45.1 Å². The summed E-state index contributed by atoms with van der Waals surface area (Å²) in [4.78, 5) is 4.41. The molecule has 0 unspecified atom stereocenters. The molecule has 2 aliphatic heterocycles. The van der Waals surface area contributed by atoms with Crippen molar-refractivity contribution >= 4 is 123 Å². The van der Waals surface area contributed by atoms with Crippen LogP contribution in [0.5, 0.6) is 0 Å². The van der Waals surface area contributed by atoms with E-state index in [1.165, 1.54) is 4.57 Å². The number of hydrogen-bond donors (Lipinski definition) is 0. The zero-order valence-electron chi connectivity index (χ0n) is 71.4. The Hall–Kier alpha value is -13.1. The second-order valence-corrected chi connectivity index (χ2v) is 27.2. The Kier molecular flexibility index (Phi) is 10.1. The molecule has 6 nitrogen and oxygen atoms in total. The third-order valence-corrected chi connectivity index (χ3v) is 20.4. The van der Waals surface area contributed by atoms with Crippen LogP contribution in [0.4, 0.5) is 34.1 Å². The minimum Gasteiger partial charge on any atom is -0.311 e. The highest BCUT2D eigenvalue weighted by molar-refractivity contribution is 7.00. The van der Waals surface area contributed by atoms with Crippen LogP contribution in [0.15, 0.2) is 339 Å². The number of para-hydroxylation sites is 6. The molecule has 0 saturated carbocycles. The van der Waals surface area contributed by atoms with Gasteiger partial charge < -0.3 is 23.5 Å². The molecular formula is C95H65BN6. The van der Waals surface area contributed by atoms with Crippen LogP contribution in [0, 0.1) is 11.3 Å². The predicted molar refractivity (Wildman–Crippen MR) is 429 cm³/mol. The van der Waals surface area contributed by atoms with Crippen molar-refractivity contribution in [2.24, 2.45) is 0 Å². The molecule has 0 N–H and O–H groups in total. The Morgan fingerprint density at radius 3 is 1.23 bits per heavy atom. The molecule has 5 heterocycles. The van der Waals surface area contributed by atoms with E-state index in [4.69, 9.17) is 5.48 Å². The molecule has 102 heavy (non-hydrogen) atoms. The summed E-state index contributed by atoms with van der Waals surface area (Å²) in [5, 5.41) is 13.3. The third-order valence-electron chi connectivity index (χ3n) is 20.4. The summed E-state index contributed by atoms with van der Waals surface area (Å²) < 4.78 is 156. The monoisotopic (exact) mass is 1320 g/mol. The van der Waals surface area contributed by atoms with Crippen molar-refractivity contribution < 1.29 is 21.9 Å². The van der Waals surface area contributed by atoms with Gasteiger partial charge in [-0.15, -0.1) is 0 Å². The summed E-state index contributed by atoms with van der Waals surface area (Å²) in [7, 11) is 0. The minimum atomic E-state index is -0.832. The number of fused-ring (bicyclic) bond motifs is 13. The first kappa shape index (κ1) is 44.7. The number of rotatable bonds is 9. The van der Waals surface area contributed by atoms with Gasteiger partial charge in [0.05, 0.1) is 72.4 Å². The first-order valence-electron chi connectivity index (χ1n) is 41.9. The summed E-state index contributed by atoms with van der Waals surface area (Å²) in [6, 6.07) is 74.9. The zero-order valence-corrected chi connectivity index (χ0v) is 55.4. The van der Waals surface area contributed by atoms with E-state index in [0.717, 1.165) is 83.0 Å². The van der Waals surface area contributed by atoms with Gasteiger partial charge >= 0.3 is 0 Å². The van der Waals surface area contributed by atoms with Crippen molar-refractivity contribution in [1.82, 2.24) is 13.7 Å². The average Bonchev–Trinajstić information content (AvgIpc) is 0.775. The molecule has 0 saturated heterocycles. The van der Waals surface area contributed by atoms with Gasteiger partial charge in [-0.05, 0) is 170 Å². The van der Waals surface area contributed by atoms with Crippen molar-refractivity contribution in [3.63, 3.8) is 0 Å². The number of nitriles is 1. The lowest BCUT2D eigenvalue weighted by Gasteiger charge is -2.45. The van der Waals surface area contributed by atoms with Gasteiger partial charge in [0.2, 0.25) is 0 Å². The largest absolute Gasteiger partial charge is 0.311 e. The third kappa shape index (κ3) is 9.13. The molecule has 478 valence electrons. The fourth-order valence-electron chi connectivity index (χ4n) is 15.9. The minimum absolute atomic E-state index is 0.0751. The van der Waals surface area contributed by atoms with E-state index in [-0.39, 0.29) is 55.0 Å². The van der Waals surface area contributed by atoms with Crippen LogP contribution in [-0.2, 0) is 5.41 Å². The highest BCUT2D eigenvalue weighted by Gasteiger charge is 2.45. The molecule has 20 rings (SSSR count). The van der Waals surface area contributed by atoms with E-state index in [1.54, 1.807) is 10.6 Å². The number of anilines is 6. The molecule has 0 aliphatic carbocycles. The Morgan fingerprint density at radius 2 is 0.735 bits per heavy atom. The Bertz CT molecular complexity index is 7270. The van der Waals surface area contributed by atoms with Gasteiger partial charge in [0.15, 0.2) is 0 Å². The van der Waals surface area contributed by atoms with E-state index < -0.39 is 109 Å².